The van der Waals surface area contributed by atoms with Crippen molar-refractivity contribution in [2.75, 3.05) is 19.8 Å². The van der Waals surface area contributed by atoms with Crippen LogP contribution in [0, 0.1) is 5.92 Å². The van der Waals surface area contributed by atoms with E-state index in [-0.39, 0.29) is 0 Å². The molecule has 1 N–H and O–H groups in total. The van der Waals surface area contributed by atoms with Crippen molar-refractivity contribution in [3.8, 4) is 0 Å². The van der Waals surface area contributed by atoms with Crippen LogP contribution in [0.4, 0.5) is 0 Å². The lowest BCUT2D eigenvalue weighted by Crippen LogP contribution is -2.47. The summed E-state index contributed by atoms with van der Waals surface area (Å²) < 4.78 is 0. The molecule has 1 heterocycles. The van der Waals surface area contributed by atoms with Crippen molar-refractivity contribution in [2.45, 2.75) is 46.1 Å². The molecule has 2 heteroatoms. The molecule has 1 aliphatic rings. The summed E-state index contributed by atoms with van der Waals surface area (Å²) in [6, 6.07) is 0.799. The summed E-state index contributed by atoms with van der Waals surface area (Å²) in [5.41, 5.74) is 0. The van der Waals surface area contributed by atoms with E-state index < -0.39 is 0 Å². The molecule has 0 spiro atoms. The lowest BCUT2D eigenvalue weighted by atomic mass is 10.00. The van der Waals surface area contributed by atoms with Crippen LogP contribution in [0.1, 0.15) is 40.0 Å². The minimum Gasteiger partial charge on any atom is -0.304 e. The van der Waals surface area contributed by atoms with Crippen molar-refractivity contribution in [2.24, 2.45) is 5.92 Å². The highest BCUT2D eigenvalue weighted by atomic mass is 15.3. The molecule has 1 fully saturated rings. The zero-order valence-corrected chi connectivity index (χ0v) is 9.34. The van der Waals surface area contributed by atoms with Gasteiger partial charge in [0.2, 0.25) is 0 Å². The molecular formula is C11H24N2. The second-order valence-electron chi connectivity index (χ2n) is 4.52. The average molecular weight is 184 g/mol. The van der Waals surface area contributed by atoms with Gasteiger partial charge in [0.1, 0.15) is 0 Å². The van der Waals surface area contributed by atoms with Crippen LogP contribution in [0.3, 0.4) is 0 Å². The Bertz CT molecular complexity index is 128. The van der Waals surface area contributed by atoms with Gasteiger partial charge in [0.15, 0.2) is 0 Å². The first-order chi connectivity index (χ1) is 6.24. The molecule has 2 nitrogen and oxygen atoms in total. The van der Waals surface area contributed by atoms with Crippen LogP contribution in [-0.2, 0) is 0 Å². The van der Waals surface area contributed by atoms with Crippen molar-refractivity contribution in [3.05, 3.63) is 0 Å². The van der Waals surface area contributed by atoms with Crippen LogP contribution in [0.15, 0.2) is 0 Å². The summed E-state index contributed by atoms with van der Waals surface area (Å²) in [7, 11) is 0. The molecular weight excluding hydrogens is 160 g/mol. The molecule has 0 radical (unpaired) electrons. The Morgan fingerprint density at radius 1 is 1.38 bits per heavy atom. The van der Waals surface area contributed by atoms with E-state index in [1.165, 1.54) is 32.4 Å². The summed E-state index contributed by atoms with van der Waals surface area (Å²) in [6.45, 7) is 10.5. The predicted molar refractivity (Wildman–Crippen MR) is 57.7 cm³/mol. The maximum absolute atomic E-state index is 3.45. The second-order valence-corrected chi connectivity index (χ2v) is 4.52. The molecule has 0 aromatic carbocycles. The fourth-order valence-electron chi connectivity index (χ4n) is 2.14. The first kappa shape index (κ1) is 11.0. The van der Waals surface area contributed by atoms with Gasteiger partial charge in [-0.15, -0.1) is 0 Å². The smallest absolute Gasteiger partial charge is 0.0483 e. The predicted octanol–water partition coefficient (Wildman–Crippen LogP) is 2.06. The van der Waals surface area contributed by atoms with Crippen LogP contribution < -0.4 is 5.32 Å². The largest absolute Gasteiger partial charge is 0.304 e. The minimum atomic E-state index is 0.799. The highest BCUT2D eigenvalue weighted by Gasteiger charge is 2.19. The molecule has 1 unspecified atom stereocenters. The zero-order chi connectivity index (χ0) is 9.68. The van der Waals surface area contributed by atoms with Crippen LogP contribution in [0.25, 0.3) is 0 Å². The molecule has 0 saturated carbocycles. The van der Waals surface area contributed by atoms with Gasteiger partial charge in [-0.1, -0.05) is 20.8 Å². The van der Waals surface area contributed by atoms with Crippen molar-refractivity contribution in [1.29, 1.82) is 0 Å². The van der Waals surface area contributed by atoms with Gasteiger partial charge in [0, 0.05) is 19.3 Å². The molecule has 0 aromatic rings. The van der Waals surface area contributed by atoms with E-state index in [9.17, 15) is 0 Å². The Morgan fingerprint density at radius 3 is 2.62 bits per heavy atom. The van der Waals surface area contributed by atoms with E-state index in [0.29, 0.717) is 0 Å². The molecule has 13 heavy (non-hydrogen) atoms. The maximum Gasteiger partial charge on any atom is 0.0483 e. The minimum absolute atomic E-state index is 0.799. The third kappa shape index (κ3) is 3.65. The lowest BCUT2D eigenvalue weighted by Gasteiger charge is -2.35. The van der Waals surface area contributed by atoms with Crippen LogP contribution >= 0.6 is 0 Å². The van der Waals surface area contributed by atoms with Gasteiger partial charge in [0.25, 0.3) is 0 Å². The highest BCUT2D eigenvalue weighted by Crippen LogP contribution is 2.15. The van der Waals surface area contributed by atoms with Crippen molar-refractivity contribution < 1.29 is 0 Å². The topological polar surface area (TPSA) is 15.3 Å². The van der Waals surface area contributed by atoms with E-state index in [1.807, 2.05) is 0 Å². The van der Waals surface area contributed by atoms with Gasteiger partial charge in [-0.3, -0.25) is 4.90 Å². The van der Waals surface area contributed by atoms with Gasteiger partial charge < -0.3 is 5.32 Å². The fraction of sp³-hybridized carbons (Fsp3) is 1.00. The van der Waals surface area contributed by atoms with Crippen molar-refractivity contribution in [3.63, 3.8) is 0 Å². The molecule has 1 aliphatic heterocycles. The average Bonchev–Trinajstić information content (AvgIpc) is 2.15. The quantitative estimate of drug-likeness (QED) is 0.719. The Labute approximate surface area is 82.7 Å². The van der Waals surface area contributed by atoms with Crippen molar-refractivity contribution >= 4 is 0 Å². The van der Waals surface area contributed by atoms with E-state index in [2.05, 4.69) is 31.0 Å². The summed E-state index contributed by atoms with van der Waals surface area (Å²) in [4.78, 5) is 2.60. The van der Waals surface area contributed by atoms with E-state index in [4.69, 9.17) is 0 Å². The zero-order valence-electron chi connectivity index (χ0n) is 9.34. The standard InChI is InChI=1S/C11H24N2/c1-4-11(8-10(2)3)13-7-5-6-12-9-13/h10-12H,4-9H2,1-3H3. The Balaban J connectivity index is 2.34. The van der Waals surface area contributed by atoms with Crippen LogP contribution in [0.2, 0.25) is 0 Å². The van der Waals surface area contributed by atoms with Gasteiger partial charge in [-0.05, 0) is 31.7 Å². The molecule has 0 aromatic heterocycles. The monoisotopic (exact) mass is 184 g/mol. The lowest BCUT2D eigenvalue weighted by molar-refractivity contribution is 0.132. The first-order valence-corrected chi connectivity index (χ1v) is 5.68. The summed E-state index contributed by atoms with van der Waals surface area (Å²) >= 11 is 0. The molecule has 78 valence electrons. The number of nitrogens with one attached hydrogen (secondary N) is 1. The molecule has 1 saturated heterocycles. The van der Waals surface area contributed by atoms with E-state index in [1.54, 1.807) is 0 Å². The SMILES string of the molecule is CCC(CC(C)C)N1CCCNC1. The third-order valence-electron chi connectivity index (χ3n) is 2.84. The number of rotatable bonds is 4. The molecule has 1 rings (SSSR count). The summed E-state index contributed by atoms with van der Waals surface area (Å²) in [5, 5.41) is 3.45. The Kier molecular flexibility index (Phi) is 4.74. The molecule has 0 amide bonds. The van der Waals surface area contributed by atoms with Crippen LogP contribution in [0.5, 0.6) is 0 Å². The highest BCUT2D eigenvalue weighted by molar-refractivity contribution is 4.74. The molecule has 0 aliphatic carbocycles. The van der Waals surface area contributed by atoms with Gasteiger partial charge in [0.05, 0.1) is 0 Å². The number of nitrogens with zero attached hydrogens (tertiary/aromatic N) is 1. The summed E-state index contributed by atoms with van der Waals surface area (Å²) in [6.07, 6.45) is 3.95. The van der Waals surface area contributed by atoms with Gasteiger partial charge in [-0.25, -0.2) is 0 Å². The number of hydrogen-bond donors (Lipinski definition) is 1. The molecule has 1 atom stereocenters. The van der Waals surface area contributed by atoms with Gasteiger partial charge in [-0.2, -0.15) is 0 Å². The molecule has 0 bridgehead atoms. The number of hydrogen-bond acceptors (Lipinski definition) is 2. The fourth-order valence-corrected chi connectivity index (χ4v) is 2.14. The second kappa shape index (κ2) is 5.61. The van der Waals surface area contributed by atoms with Crippen molar-refractivity contribution in [1.82, 2.24) is 10.2 Å². The van der Waals surface area contributed by atoms with E-state index in [0.717, 1.165) is 18.6 Å². The van der Waals surface area contributed by atoms with E-state index >= 15 is 0 Å². The Morgan fingerprint density at radius 2 is 2.15 bits per heavy atom. The normalized spacial score (nSPS) is 22.2. The van der Waals surface area contributed by atoms with Crippen LogP contribution in [-0.4, -0.2) is 30.7 Å². The van der Waals surface area contributed by atoms with Gasteiger partial charge >= 0.3 is 0 Å². The maximum atomic E-state index is 3.45. The Hall–Kier alpha value is -0.0800. The summed E-state index contributed by atoms with van der Waals surface area (Å²) in [5.74, 6) is 0.826. The third-order valence-corrected chi connectivity index (χ3v) is 2.84. The first-order valence-electron chi connectivity index (χ1n) is 5.68.